The van der Waals surface area contributed by atoms with Gasteiger partial charge in [0.1, 0.15) is 0 Å². The first-order valence-corrected chi connectivity index (χ1v) is 7.97. The zero-order chi connectivity index (χ0) is 14.0. The molecule has 2 heterocycles. The number of piperazine rings is 1. The molecule has 0 bridgehead atoms. The maximum absolute atomic E-state index is 5.81. The van der Waals surface area contributed by atoms with Crippen LogP contribution in [0.25, 0.3) is 0 Å². The Hall–Kier alpha value is -0.720. The average Bonchev–Trinajstić information content (AvgIpc) is 2.71. The van der Waals surface area contributed by atoms with Crippen LogP contribution in [0.3, 0.4) is 0 Å². The number of nitrogens with two attached hydrogens (primary N) is 1. The number of hydrogen-bond acceptors (Lipinski definition) is 5. The lowest BCUT2D eigenvalue weighted by atomic mass is 10.1. The van der Waals surface area contributed by atoms with Gasteiger partial charge in [0.25, 0.3) is 0 Å². The molecule has 2 rings (SSSR count). The van der Waals surface area contributed by atoms with Crippen molar-refractivity contribution in [2.45, 2.75) is 33.2 Å². The van der Waals surface area contributed by atoms with E-state index in [1.807, 2.05) is 0 Å². The van der Waals surface area contributed by atoms with Crippen LogP contribution >= 0.6 is 23.6 Å². The summed E-state index contributed by atoms with van der Waals surface area (Å²) in [5, 5.41) is 1.15. The molecule has 1 aromatic rings. The largest absolute Gasteiger partial charge is 0.392 e. The second kappa shape index (κ2) is 6.15. The van der Waals surface area contributed by atoms with Crippen LogP contribution in [0, 0.1) is 13.8 Å². The number of thiazole rings is 1. The minimum atomic E-state index is 0.247. The number of aromatic nitrogens is 1. The summed E-state index contributed by atoms with van der Waals surface area (Å²) in [5.41, 5.74) is 6.96. The molecule has 0 amide bonds. The van der Waals surface area contributed by atoms with Crippen molar-refractivity contribution in [2.75, 3.05) is 31.1 Å². The van der Waals surface area contributed by atoms with Gasteiger partial charge in [-0.05, 0) is 20.3 Å². The van der Waals surface area contributed by atoms with Gasteiger partial charge in [0.2, 0.25) is 0 Å². The van der Waals surface area contributed by atoms with Crippen LogP contribution in [0.2, 0.25) is 0 Å². The Kier molecular flexibility index (Phi) is 4.76. The predicted octanol–water partition coefficient (Wildman–Crippen LogP) is 1.95. The first-order chi connectivity index (χ1) is 9.02. The van der Waals surface area contributed by atoms with Crippen molar-refractivity contribution in [1.29, 1.82) is 0 Å². The molecular formula is C13H22N4S2. The lowest BCUT2D eigenvalue weighted by molar-refractivity contribution is 0.224. The molecule has 19 heavy (non-hydrogen) atoms. The summed E-state index contributed by atoms with van der Waals surface area (Å²) in [6.45, 7) is 10.4. The highest BCUT2D eigenvalue weighted by Crippen LogP contribution is 2.26. The highest BCUT2D eigenvalue weighted by Gasteiger charge is 2.25. The van der Waals surface area contributed by atoms with E-state index < -0.39 is 0 Å². The molecule has 1 fully saturated rings. The Morgan fingerprint density at radius 3 is 2.42 bits per heavy atom. The lowest BCUT2D eigenvalue weighted by Gasteiger charge is -2.38. The van der Waals surface area contributed by atoms with E-state index in [9.17, 15) is 0 Å². The summed E-state index contributed by atoms with van der Waals surface area (Å²) in [6, 6.07) is 0.247. The fourth-order valence-electron chi connectivity index (χ4n) is 2.46. The fraction of sp³-hybridized carbons (Fsp3) is 0.692. The van der Waals surface area contributed by atoms with Crippen LogP contribution in [0.15, 0.2) is 0 Å². The van der Waals surface area contributed by atoms with Gasteiger partial charge < -0.3 is 10.6 Å². The molecule has 1 aliphatic heterocycles. The summed E-state index contributed by atoms with van der Waals surface area (Å²) in [7, 11) is 0. The quantitative estimate of drug-likeness (QED) is 0.861. The summed E-state index contributed by atoms with van der Waals surface area (Å²) in [4.78, 5) is 11.3. The Morgan fingerprint density at radius 2 is 2.00 bits per heavy atom. The van der Waals surface area contributed by atoms with Crippen molar-refractivity contribution < 1.29 is 0 Å². The van der Waals surface area contributed by atoms with E-state index in [0.29, 0.717) is 4.99 Å². The summed E-state index contributed by atoms with van der Waals surface area (Å²) >= 11 is 6.94. The molecule has 1 aliphatic rings. The fourth-order valence-corrected chi connectivity index (χ4v) is 3.73. The molecule has 6 heteroatoms. The van der Waals surface area contributed by atoms with E-state index in [4.69, 9.17) is 18.0 Å². The maximum Gasteiger partial charge on any atom is 0.185 e. The molecule has 0 radical (unpaired) electrons. The van der Waals surface area contributed by atoms with Gasteiger partial charge in [-0.3, -0.25) is 4.90 Å². The third kappa shape index (κ3) is 3.24. The molecule has 1 atom stereocenters. The number of hydrogen-bond donors (Lipinski definition) is 1. The SMILES string of the molecule is CCC(C(N)=S)N1CCN(c2nc(C)c(C)s2)CC1. The van der Waals surface area contributed by atoms with Gasteiger partial charge >= 0.3 is 0 Å². The number of thiocarbonyl (C=S) groups is 1. The van der Waals surface area contributed by atoms with E-state index in [1.54, 1.807) is 11.3 Å². The summed E-state index contributed by atoms with van der Waals surface area (Å²) in [5.74, 6) is 0. The first-order valence-electron chi connectivity index (χ1n) is 6.75. The molecule has 106 valence electrons. The molecule has 0 spiro atoms. The number of rotatable bonds is 4. The van der Waals surface area contributed by atoms with Gasteiger partial charge in [-0.2, -0.15) is 0 Å². The van der Waals surface area contributed by atoms with Gasteiger partial charge in [-0.15, -0.1) is 11.3 Å². The standard InChI is InChI=1S/C13H22N4S2/c1-4-11(12(14)18)16-5-7-17(8-6-16)13-15-9(2)10(3)19-13/h11H,4-8H2,1-3H3,(H2,14,18). The smallest absolute Gasteiger partial charge is 0.185 e. The van der Waals surface area contributed by atoms with Gasteiger partial charge in [-0.25, -0.2) is 4.98 Å². The number of nitrogens with zero attached hydrogens (tertiary/aromatic N) is 3. The van der Waals surface area contributed by atoms with Crippen molar-refractivity contribution in [2.24, 2.45) is 5.73 Å². The normalized spacial score (nSPS) is 18.6. The Morgan fingerprint density at radius 1 is 1.37 bits per heavy atom. The second-order valence-electron chi connectivity index (χ2n) is 4.99. The molecule has 1 saturated heterocycles. The Labute approximate surface area is 124 Å². The number of aryl methyl sites for hydroxylation is 2. The van der Waals surface area contributed by atoms with Crippen LogP contribution in [-0.2, 0) is 0 Å². The van der Waals surface area contributed by atoms with E-state index in [2.05, 4.69) is 35.6 Å². The monoisotopic (exact) mass is 298 g/mol. The lowest BCUT2D eigenvalue weighted by Crippen LogP contribution is -2.53. The summed E-state index contributed by atoms with van der Waals surface area (Å²) in [6.07, 6.45) is 0.991. The van der Waals surface area contributed by atoms with Gasteiger partial charge in [0.05, 0.1) is 16.7 Å². The topological polar surface area (TPSA) is 45.4 Å². The van der Waals surface area contributed by atoms with Crippen molar-refractivity contribution in [3.63, 3.8) is 0 Å². The average molecular weight is 298 g/mol. The molecule has 1 unspecified atom stereocenters. The van der Waals surface area contributed by atoms with E-state index in [1.165, 1.54) is 4.88 Å². The van der Waals surface area contributed by atoms with Crippen molar-refractivity contribution >= 4 is 33.7 Å². The van der Waals surface area contributed by atoms with Crippen molar-refractivity contribution in [3.8, 4) is 0 Å². The third-order valence-corrected chi connectivity index (χ3v) is 5.16. The Balaban J connectivity index is 1.97. The van der Waals surface area contributed by atoms with Crippen LogP contribution in [0.5, 0.6) is 0 Å². The zero-order valence-electron chi connectivity index (χ0n) is 11.8. The molecule has 0 aromatic carbocycles. The molecule has 0 saturated carbocycles. The molecule has 2 N–H and O–H groups in total. The maximum atomic E-state index is 5.81. The highest BCUT2D eigenvalue weighted by molar-refractivity contribution is 7.80. The highest BCUT2D eigenvalue weighted by atomic mass is 32.1. The van der Waals surface area contributed by atoms with Crippen LogP contribution < -0.4 is 10.6 Å². The van der Waals surface area contributed by atoms with Gasteiger partial charge in [0.15, 0.2) is 5.13 Å². The summed E-state index contributed by atoms with van der Waals surface area (Å²) < 4.78 is 0. The van der Waals surface area contributed by atoms with Crippen LogP contribution in [0.1, 0.15) is 23.9 Å². The molecular weight excluding hydrogens is 276 g/mol. The Bertz CT molecular complexity index is 430. The van der Waals surface area contributed by atoms with Gasteiger partial charge in [-0.1, -0.05) is 19.1 Å². The minimum Gasteiger partial charge on any atom is -0.392 e. The van der Waals surface area contributed by atoms with E-state index in [-0.39, 0.29) is 6.04 Å². The van der Waals surface area contributed by atoms with Crippen LogP contribution in [-0.4, -0.2) is 47.1 Å². The molecule has 4 nitrogen and oxygen atoms in total. The van der Waals surface area contributed by atoms with Crippen molar-refractivity contribution in [1.82, 2.24) is 9.88 Å². The molecule has 1 aromatic heterocycles. The van der Waals surface area contributed by atoms with Gasteiger partial charge in [0, 0.05) is 31.1 Å². The van der Waals surface area contributed by atoms with Crippen molar-refractivity contribution in [3.05, 3.63) is 10.6 Å². The zero-order valence-corrected chi connectivity index (χ0v) is 13.5. The van der Waals surface area contributed by atoms with E-state index >= 15 is 0 Å². The predicted molar refractivity (Wildman–Crippen MR) is 86.2 cm³/mol. The second-order valence-corrected chi connectivity index (χ2v) is 6.64. The van der Waals surface area contributed by atoms with E-state index in [0.717, 1.165) is 43.4 Å². The molecule has 0 aliphatic carbocycles. The number of anilines is 1. The van der Waals surface area contributed by atoms with Crippen LogP contribution in [0.4, 0.5) is 5.13 Å². The minimum absolute atomic E-state index is 0.247. The third-order valence-electron chi connectivity index (χ3n) is 3.76. The first kappa shape index (κ1) is 14.7.